The van der Waals surface area contributed by atoms with Crippen molar-refractivity contribution in [1.29, 1.82) is 0 Å². The summed E-state index contributed by atoms with van der Waals surface area (Å²) in [6.07, 6.45) is 7.17. The lowest BCUT2D eigenvalue weighted by Crippen LogP contribution is -2.68. The lowest BCUT2D eigenvalue weighted by Gasteiger charge is -2.64. The standard InChI is InChI=1S/C19H28N2/c1-13-3-5-18(6-4-13)21(2)19(12-20)16-8-14-7-15(10-16)11-17(19)9-14/h3-6,14-17H,7-12,20H2,1-2H3. The second-order valence-electron chi connectivity index (χ2n) is 7.89. The van der Waals surface area contributed by atoms with Gasteiger partial charge in [0, 0.05) is 19.3 Å². The van der Waals surface area contributed by atoms with E-state index in [1.807, 2.05) is 0 Å². The number of nitrogens with zero attached hydrogens (tertiary/aromatic N) is 1. The Hall–Kier alpha value is -1.02. The molecule has 0 unspecified atom stereocenters. The number of anilines is 1. The number of rotatable bonds is 3. The quantitative estimate of drug-likeness (QED) is 0.919. The van der Waals surface area contributed by atoms with Crippen LogP contribution in [-0.4, -0.2) is 19.1 Å². The maximum Gasteiger partial charge on any atom is 0.0577 e. The van der Waals surface area contributed by atoms with Crippen LogP contribution in [0.3, 0.4) is 0 Å². The third kappa shape index (κ3) is 1.88. The average molecular weight is 284 g/mol. The molecule has 1 aromatic carbocycles. The van der Waals surface area contributed by atoms with Gasteiger partial charge in [0.2, 0.25) is 0 Å². The molecular formula is C19H28N2. The van der Waals surface area contributed by atoms with Crippen LogP contribution in [0.25, 0.3) is 0 Å². The van der Waals surface area contributed by atoms with E-state index in [1.54, 1.807) is 0 Å². The van der Waals surface area contributed by atoms with E-state index >= 15 is 0 Å². The van der Waals surface area contributed by atoms with E-state index in [-0.39, 0.29) is 5.54 Å². The van der Waals surface area contributed by atoms with Crippen molar-refractivity contribution >= 4 is 5.69 Å². The van der Waals surface area contributed by atoms with Gasteiger partial charge in [0.25, 0.3) is 0 Å². The Balaban J connectivity index is 1.71. The van der Waals surface area contributed by atoms with Gasteiger partial charge in [0.15, 0.2) is 0 Å². The third-order valence-corrected chi connectivity index (χ3v) is 6.92. The van der Waals surface area contributed by atoms with Crippen molar-refractivity contribution in [2.75, 3.05) is 18.5 Å². The summed E-state index contributed by atoms with van der Waals surface area (Å²) in [4.78, 5) is 2.56. The molecule has 2 heteroatoms. The minimum atomic E-state index is 0.211. The summed E-state index contributed by atoms with van der Waals surface area (Å²) in [5.41, 5.74) is 9.30. The first-order valence-electron chi connectivity index (χ1n) is 8.64. The Morgan fingerprint density at radius 1 is 1.00 bits per heavy atom. The molecule has 0 heterocycles. The SMILES string of the molecule is Cc1ccc(N(C)C2(CN)C3CC4CC(C3)CC2C4)cc1. The van der Waals surface area contributed by atoms with Crippen LogP contribution < -0.4 is 10.6 Å². The van der Waals surface area contributed by atoms with Crippen LogP contribution in [0, 0.1) is 30.6 Å². The van der Waals surface area contributed by atoms with Gasteiger partial charge in [-0.1, -0.05) is 17.7 Å². The van der Waals surface area contributed by atoms with E-state index in [2.05, 4.69) is 43.1 Å². The summed E-state index contributed by atoms with van der Waals surface area (Å²) in [5, 5.41) is 0. The molecule has 1 aromatic rings. The van der Waals surface area contributed by atoms with Gasteiger partial charge in [-0.2, -0.15) is 0 Å². The van der Waals surface area contributed by atoms with E-state index in [0.717, 1.165) is 30.2 Å². The summed E-state index contributed by atoms with van der Waals surface area (Å²) >= 11 is 0. The van der Waals surface area contributed by atoms with Crippen molar-refractivity contribution in [3.8, 4) is 0 Å². The molecule has 4 bridgehead atoms. The number of nitrogens with two attached hydrogens (primary N) is 1. The zero-order chi connectivity index (χ0) is 14.6. The first kappa shape index (κ1) is 13.6. The number of benzene rings is 1. The van der Waals surface area contributed by atoms with Gasteiger partial charge >= 0.3 is 0 Å². The molecule has 114 valence electrons. The minimum absolute atomic E-state index is 0.211. The molecule has 0 spiro atoms. The van der Waals surface area contributed by atoms with Crippen molar-refractivity contribution < 1.29 is 0 Å². The maximum atomic E-state index is 6.42. The summed E-state index contributed by atoms with van der Waals surface area (Å²) in [6.45, 7) is 2.97. The second kappa shape index (κ2) is 4.74. The predicted molar refractivity (Wildman–Crippen MR) is 88.4 cm³/mol. The van der Waals surface area contributed by atoms with Crippen LogP contribution in [0.5, 0.6) is 0 Å². The zero-order valence-electron chi connectivity index (χ0n) is 13.4. The normalized spacial score (nSPS) is 40.5. The highest BCUT2D eigenvalue weighted by Crippen LogP contribution is 2.60. The Kier molecular flexibility index (Phi) is 3.08. The topological polar surface area (TPSA) is 29.3 Å². The lowest BCUT2D eigenvalue weighted by atomic mass is 9.48. The number of hydrogen-bond donors (Lipinski definition) is 1. The van der Waals surface area contributed by atoms with Crippen molar-refractivity contribution in [2.24, 2.45) is 29.4 Å². The maximum absolute atomic E-state index is 6.42. The van der Waals surface area contributed by atoms with Gasteiger partial charge in [-0.15, -0.1) is 0 Å². The summed E-state index contributed by atoms with van der Waals surface area (Å²) in [6, 6.07) is 9.01. The number of hydrogen-bond acceptors (Lipinski definition) is 2. The van der Waals surface area contributed by atoms with Crippen molar-refractivity contribution in [3.05, 3.63) is 29.8 Å². The minimum Gasteiger partial charge on any atom is -0.367 e. The fraction of sp³-hybridized carbons (Fsp3) is 0.684. The Bertz CT molecular complexity index is 491. The number of likely N-dealkylation sites (N-methyl/N-ethyl adjacent to an activating group) is 1. The highest BCUT2D eigenvalue weighted by molar-refractivity contribution is 5.51. The molecule has 0 amide bonds. The van der Waals surface area contributed by atoms with E-state index < -0.39 is 0 Å². The summed E-state index contributed by atoms with van der Waals surface area (Å²) in [5.74, 6) is 3.62. The van der Waals surface area contributed by atoms with Crippen LogP contribution in [0.15, 0.2) is 24.3 Å². The second-order valence-corrected chi connectivity index (χ2v) is 7.89. The Morgan fingerprint density at radius 3 is 2.00 bits per heavy atom. The van der Waals surface area contributed by atoms with Crippen LogP contribution in [-0.2, 0) is 0 Å². The van der Waals surface area contributed by atoms with Gasteiger partial charge in [-0.05, 0) is 74.8 Å². The van der Waals surface area contributed by atoms with Crippen molar-refractivity contribution in [3.63, 3.8) is 0 Å². The molecule has 4 saturated carbocycles. The fourth-order valence-electron chi connectivity index (χ4n) is 6.03. The van der Waals surface area contributed by atoms with Crippen LogP contribution >= 0.6 is 0 Å². The molecule has 4 fully saturated rings. The summed E-state index contributed by atoms with van der Waals surface area (Å²) in [7, 11) is 2.29. The average Bonchev–Trinajstić information content (AvgIpc) is 2.47. The van der Waals surface area contributed by atoms with Gasteiger partial charge in [0.1, 0.15) is 0 Å². The van der Waals surface area contributed by atoms with E-state index in [9.17, 15) is 0 Å². The molecule has 4 aliphatic rings. The Labute approximate surface area is 128 Å². The largest absolute Gasteiger partial charge is 0.367 e. The molecule has 4 aliphatic carbocycles. The number of aryl methyl sites for hydroxylation is 1. The molecule has 0 saturated heterocycles. The molecule has 0 radical (unpaired) electrons. The monoisotopic (exact) mass is 284 g/mol. The first-order valence-corrected chi connectivity index (χ1v) is 8.64. The van der Waals surface area contributed by atoms with Gasteiger partial charge in [0.05, 0.1) is 5.54 Å². The van der Waals surface area contributed by atoms with Crippen LogP contribution in [0.1, 0.15) is 37.7 Å². The van der Waals surface area contributed by atoms with Crippen molar-refractivity contribution in [2.45, 2.75) is 44.6 Å². The zero-order valence-corrected chi connectivity index (χ0v) is 13.4. The summed E-state index contributed by atoms with van der Waals surface area (Å²) < 4.78 is 0. The molecular weight excluding hydrogens is 256 g/mol. The fourth-order valence-corrected chi connectivity index (χ4v) is 6.03. The van der Waals surface area contributed by atoms with Crippen LogP contribution in [0.4, 0.5) is 5.69 Å². The molecule has 5 rings (SSSR count). The van der Waals surface area contributed by atoms with Crippen LogP contribution in [0.2, 0.25) is 0 Å². The molecule has 0 aromatic heterocycles. The Morgan fingerprint density at radius 2 is 1.52 bits per heavy atom. The highest BCUT2D eigenvalue weighted by Gasteiger charge is 2.58. The van der Waals surface area contributed by atoms with E-state index in [1.165, 1.54) is 43.4 Å². The highest BCUT2D eigenvalue weighted by atomic mass is 15.2. The molecule has 2 nitrogen and oxygen atoms in total. The van der Waals surface area contributed by atoms with E-state index in [4.69, 9.17) is 5.73 Å². The molecule has 0 atom stereocenters. The third-order valence-electron chi connectivity index (χ3n) is 6.92. The molecule has 21 heavy (non-hydrogen) atoms. The lowest BCUT2D eigenvalue weighted by molar-refractivity contribution is -0.0525. The smallest absolute Gasteiger partial charge is 0.0577 e. The predicted octanol–water partition coefficient (Wildman–Crippen LogP) is 3.58. The first-order chi connectivity index (χ1) is 10.1. The van der Waals surface area contributed by atoms with Gasteiger partial charge < -0.3 is 10.6 Å². The van der Waals surface area contributed by atoms with Crippen molar-refractivity contribution in [1.82, 2.24) is 0 Å². The molecule has 0 aliphatic heterocycles. The molecule has 2 N–H and O–H groups in total. The van der Waals surface area contributed by atoms with E-state index in [0.29, 0.717) is 0 Å². The van der Waals surface area contributed by atoms with Gasteiger partial charge in [-0.25, -0.2) is 0 Å². The van der Waals surface area contributed by atoms with Gasteiger partial charge in [-0.3, -0.25) is 0 Å².